The molecule has 0 spiro atoms. The number of hydrogen-bond acceptors (Lipinski definition) is 5. The molecule has 0 aliphatic rings. The quantitative estimate of drug-likeness (QED) is 0.493. The molecule has 2 rings (SSSR count). The molecule has 0 aromatic carbocycles. The van der Waals surface area contributed by atoms with Crippen molar-refractivity contribution < 1.29 is 39.5 Å². The summed E-state index contributed by atoms with van der Waals surface area (Å²) in [7, 11) is 0. The SMILES string of the molecule is Cc1cc(C(=O)[O-])nc(-n2ccnc2)n1.[Na+]. The van der Waals surface area contributed by atoms with E-state index < -0.39 is 5.97 Å². The molecule has 0 aliphatic heterocycles. The summed E-state index contributed by atoms with van der Waals surface area (Å²) >= 11 is 0. The van der Waals surface area contributed by atoms with Crippen LogP contribution in [0.1, 0.15) is 16.2 Å². The Morgan fingerprint density at radius 1 is 1.44 bits per heavy atom. The van der Waals surface area contributed by atoms with E-state index in [0.717, 1.165) is 0 Å². The summed E-state index contributed by atoms with van der Waals surface area (Å²) < 4.78 is 1.53. The van der Waals surface area contributed by atoms with Crippen LogP contribution in [-0.2, 0) is 0 Å². The number of hydrogen-bond donors (Lipinski definition) is 0. The zero-order valence-electron chi connectivity index (χ0n) is 8.91. The monoisotopic (exact) mass is 226 g/mol. The molecule has 2 aromatic heterocycles. The maximum Gasteiger partial charge on any atom is 1.00 e. The second-order valence-corrected chi connectivity index (χ2v) is 2.95. The van der Waals surface area contributed by atoms with Crippen LogP contribution in [-0.4, -0.2) is 25.5 Å². The first kappa shape index (κ1) is 12.8. The number of carboxylic acid groups (broad SMARTS) is 1. The standard InChI is InChI=1S/C9H8N4O2.Na/c1-6-4-7(8(14)15)12-9(11-6)13-3-2-10-5-13;/h2-5H,1H3,(H,14,15);/q;+1/p-1. The van der Waals surface area contributed by atoms with Crippen LogP contribution < -0.4 is 34.7 Å². The molecule has 6 nitrogen and oxygen atoms in total. The van der Waals surface area contributed by atoms with Gasteiger partial charge in [0.15, 0.2) is 0 Å². The third-order valence-corrected chi connectivity index (χ3v) is 1.79. The van der Waals surface area contributed by atoms with Crippen LogP contribution in [0.2, 0.25) is 0 Å². The third-order valence-electron chi connectivity index (χ3n) is 1.79. The van der Waals surface area contributed by atoms with Crippen molar-refractivity contribution in [2.75, 3.05) is 0 Å². The minimum atomic E-state index is -1.32. The zero-order chi connectivity index (χ0) is 10.8. The summed E-state index contributed by atoms with van der Waals surface area (Å²) in [5, 5.41) is 10.6. The smallest absolute Gasteiger partial charge is 0.543 e. The van der Waals surface area contributed by atoms with Gasteiger partial charge in [-0.15, -0.1) is 0 Å². The molecule has 0 unspecified atom stereocenters. The molecule has 76 valence electrons. The number of nitrogens with zero attached hydrogens (tertiary/aromatic N) is 4. The molecule has 2 heterocycles. The molecule has 0 atom stereocenters. The van der Waals surface area contributed by atoms with Gasteiger partial charge in [0.2, 0.25) is 5.95 Å². The van der Waals surface area contributed by atoms with Crippen molar-refractivity contribution in [3.63, 3.8) is 0 Å². The Morgan fingerprint density at radius 3 is 2.75 bits per heavy atom. The molecule has 0 fully saturated rings. The molecule has 0 aliphatic carbocycles. The summed E-state index contributed by atoms with van der Waals surface area (Å²) in [6.07, 6.45) is 4.69. The van der Waals surface area contributed by atoms with Crippen molar-refractivity contribution in [2.45, 2.75) is 6.92 Å². The normalized spacial score (nSPS) is 9.56. The fourth-order valence-electron chi connectivity index (χ4n) is 1.15. The number of rotatable bonds is 2. The van der Waals surface area contributed by atoms with Gasteiger partial charge in [0.05, 0.1) is 11.7 Å². The second kappa shape index (κ2) is 5.20. The van der Waals surface area contributed by atoms with Crippen LogP contribution in [0.15, 0.2) is 24.8 Å². The van der Waals surface area contributed by atoms with E-state index in [0.29, 0.717) is 5.69 Å². The van der Waals surface area contributed by atoms with Gasteiger partial charge < -0.3 is 9.90 Å². The molecule has 2 aromatic rings. The average Bonchev–Trinajstić information content (AvgIpc) is 2.69. The number of imidazole rings is 1. The number of carbonyl (C=O) groups excluding carboxylic acids is 1. The molecular weight excluding hydrogens is 219 g/mol. The minimum Gasteiger partial charge on any atom is -0.543 e. The van der Waals surface area contributed by atoms with Crippen molar-refractivity contribution in [2.24, 2.45) is 0 Å². The van der Waals surface area contributed by atoms with E-state index >= 15 is 0 Å². The van der Waals surface area contributed by atoms with E-state index in [9.17, 15) is 9.90 Å². The number of carbonyl (C=O) groups is 1. The molecule has 0 saturated carbocycles. The zero-order valence-corrected chi connectivity index (χ0v) is 10.9. The Balaban J connectivity index is 0.00000128. The van der Waals surface area contributed by atoms with Crippen LogP contribution in [0.4, 0.5) is 0 Å². The second-order valence-electron chi connectivity index (χ2n) is 2.95. The van der Waals surface area contributed by atoms with Crippen LogP contribution in [0.3, 0.4) is 0 Å². The summed E-state index contributed by atoms with van der Waals surface area (Å²) in [6.45, 7) is 1.69. The van der Waals surface area contributed by atoms with E-state index in [-0.39, 0.29) is 41.2 Å². The first-order chi connectivity index (χ1) is 7.16. The minimum absolute atomic E-state index is 0. The number of aromatic carboxylic acids is 1. The van der Waals surface area contributed by atoms with E-state index in [1.165, 1.54) is 17.0 Å². The molecular formula is C9H7N4NaO2. The summed E-state index contributed by atoms with van der Waals surface area (Å²) in [5.74, 6) is -1.05. The maximum absolute atomic E-state index is 10.6. The van der Waals surface area contributed by atoms with Gasteiger partial charge in [0.1, 0.15) is 6.33 Å². The molecule has 7 heteroatoms. The molecule has 0 amide bonds. The number of aromatic nitrogens is 4. The fraction of sp³-hybridized carbons (Fsp3) is 0.111. The van der Waals surface area contributed by atoms with Gasteiger partial charge in [-0.2, -0.15) is 0 Å². The Morgan fingerprint density at radius 2 is 2.19 bits per heavy atom. The van der Waals surface area contributed by atoms with Gasteiger partial charge in [0, 0.05) is 18.1 Å². The largest absolute Gasteiger partial charge is 1.00 e. The molecule has 16 heavy (non-hydrogen) atoms. The fourth-order valence-corrected chi connectivity index (χ4v) is 1.15. The van der Waals surface area contributed by atoms with E-state index in [1.54, 1.807) is 19.3 Å². The predicted molar refractivity (Wildman–Crippen MR) is 48.2 cm³/mol. The van der Waals surface area contributed by atoms with E-state index in [4.69, 9.17) is 0 Å². The van der Waals surface area contributed by atoms with Crippen molar-refractivity contribution in [3.05, 3.63) is 36.2 Å². The summed E-state index contributed by atoms with van der Waals surface area (Å²) in [5.41, 5.74) is 0.430. The Hall–Kier alpha value is -1.24. The van der Waals surface area contributed by atoms with E-state index in [1.807, 2.05) is 0 Å². The van der Waals surface area contributed by atoms with Gasteiger partial charge in [-0.1, -0.05) is 0 Å². The van der Waals surface area contributed by atoms with Gasteiger partial charge >= 0.3 is 29.6 Å². The van der Waals surface area contributed by atoms with E-state index in [2.05, 4.69) is 15.0 Å². The van der Waals surface area contributed by atoms with Crippen LogP contribution in [0.25, 0.3) is 5.95 Å². The van der Waals surface area contributed by atoms with Gasteiger partial charge in [-0.25, -0.2) is 15.0 Å². The first-order valence-electron chi connectivity index (χ1n) is 4.22. The molecule has 0 radical (unpaired) electrons. The summed E-state index contributed by atoms with van der Waals surface area (Å²) in [4.78, 5) is 22.4. The predicted octanol–water partition coefficient (Wildman–Crippen LogP) is -3.66. The van der Waals surface area contributed by atoms with Gasteiger partial charge in [0.25, 0.3) is 0 Å². The number of aryl methyl sites for hydroxylation is 1. The number of carboxylic acids is 1. The van der Waals surface area contributed by atoms with Crippen molar-refractivity contribution in [1.29, 1.82) is 0 Å². The van der Waals surface area contributed by atoms with Crippen molar-refractivity contribution in [3.8, 4) is 5.95 Å². The first-order valence-corrected chi connectivity index (χ1v) is 4.22. The van der Waals surface area contributed by atoms with Gasteiger partial charge in [-0.05, 0) is 13.0 Å². The molecule has 0 saturated heterocycles. The van der Waals surface area contributed by atoms with Gasteiger partial charge in [-0.3, -0.25) is 4.57 Å². The molecule has 0 bridgehead atoms. The van der Waals surface area contributed by atoms with Crippen LogP contribution in [0, 0.1) is 6.92 Å². The Kier molecular flexibility index (Phi) is 4.17. The maximum atomic E-state index is 10.6. The van der Waals surface area contributed by atoms with Crippen molar-refractivity contribution in [1.82, 2.24) is 19.5 Å². The summed E-state index contributed by atoms with van der Waals surface area (Å²) in [6, 6.07) is 1.36. The Labute approximate surface area is 114 Å². The van der Waals surface area contributed by atoms with Crippen molar-refractivity contribution >= 4 is 5.97 Å². The molecule has 0 N–H and O–H groups in total. The third kappa shape index (κ3) is 2.66. The average molecular weight is 226 g/mol. The topological polar surface area (TPSA) is 83.7 Å². The van der Waals surface area contributed by atoms with Crippen LogP contribution >= 0.6 is 0 Å². The van der Waals surface area contributed by atoms with Crippen LogP contribution in [0.5, 0.6) is 0 Å². The Bertz CT molecular complexity index is 498.